The van der Waals surface area contributed by atoms with Crippen LogP contribution >= 0.6 is 0 Å². The van der Waals surface area contributed by atoms with Crippen LogP contribution in [0, 0.1) is 6.92 Å². The molecule has 0 rings (SSSR count). The Morgan fingerprint density at radius 1 is 1.86 bits per heavy atom. The first-order valence-corrected chi connectivity index (χ1v) is 1.81. The third-order valence-corrected chi connectivity index (χ3v) is 0.374. The minimum atomic E-state index is -0.0231. The van der Waals surface area contributed by atoms with Gasteiger partial charge in [-0.15, -0.1) is 6.54 Å². The third kappa shape index (κ3) is 10.8. The molecule has 3 heteroatoms. The molecule has 0 aromatic carbocycles. The van der Waals surface area contributed by atoms with E-state index in [1.807, 2.05) is 0 Å². The molecule has 2 nitrogen and oxygen atoms in total. The Hall–Kier alpha value is 0.574. The maximum absolute atomic E-state index is 9.89. The summed E-state index contributed by atoms with van der Waals surface area (Å²) < 4.78 is 0. The van der Waals surface area contributed by atoms with Gasteiger partial charge in [0.25, 0.3) is 0 Å². The fourth-order valence-corrected chi connectivity index (χ4v) is 0.176. The van der Waals surface area contributed by atoms with Gasteiger partial charge in [0.05, 0.1) is 0 Å². The summed E-state index contributed by atoms with van der Waals surface area (Å²) >= 11 is 0. The molecule has 0 atom stereocenters. The third-order valence-electron chi connectivity index (χ3n) is 0.374. The summed E-state index contributed by atoms with van der Waals surface area (Å²) in [6.45, 7) is 5.34. The molecule has 0 bridgehead atoms. The van der Waals surface area contributed by atoms with E-state index in [0.29, 0.717) is 6.54 Å². The number of nitrogens with one attached hydrogen (secondary N) is 1. The van der Waals surface area contributed by atoms with Crippen LogP contribution in [0.3, 0.4) is 0 Å². The predicted octanol–water partition coefficient (Wildman–Crippen LogP) is -0.0459. The Kier molecular flexibility index (Phi) is 9.89. The minimum absolute atomic E-state index is 0. The van der Waals surface area contributed by atoms with Gasteiger partial charge in [0.1, 0.15) is 0 Å². The van der Waals surface area contributed by atoms with E-state index in [9.17, 15) is 4.79 Å². The van der Waals surface area contributed by atoms with E-state index in [4.69, 9.17) is 0 Å². The van der Waals surface area contributed by atoms with Gasteiger partial charge in [0.2, 0.25) is 5.91 Å². The van der Waals surface area contributed by atoms with E-state index in [1.54, 1.807) is 0 Å². The van der Waals surface area contributed by atoms with Gasteiger partial charge in [-0.2, -0.15) is 0 Å². The molecule has 0 aromatic heterocycles. The first kappa shape index (κ1) is 10.5. The van der Waals surface area contributed by atoms with Crippen LogP contribution in [0.15, 0.2) is 0 Å². The standard InChI is InChI=1S/C4H8NO.Y/c1-3-5-4(2)6;/h1,3H2,2H3,(H,5,6);/q-1;. The van der Waals surface area contributed by atoms with Gasteiger partial charge in [-0.1, -0.05) is 0 Å². The summed E-state index contributed by atoms with van der Waals surface area (Å²) in [6, 6.07) is 0. The zero-order valence-corrected chi connectivity index (χ0v) is 7.24. The van der Waals surface area contributed by atoms with Crippen LogP contribution in [0.2, 0.25) is 0 Å². The van der Waals surface area contributed by atoms with Crippen molar-refractivity contribution in [3.05, 3.63) is 6.92 Å². The molecular formula is C4H8NOY-. The Labute approximate surface area is 68.9 Å². The number of carbonyl (C=O) groups is 1. The molecule has 0 aliphatic rings. The molecule has 0 spiro atoms. The molecule has 0 aromatic rings. The average molecular weight is 175 g/mol. The zero-order valence-electron chi connectivity index (χ0n) is 4.40. The molecule has 0 unspecified atom stereocenters. The molecule has 7 heavy (non-hydrogen) atoms. The van der Waals surface area contributed by atoms with Gasteiger partial charge >= 0.3 is 0 Å². The van der Waals surface area contributed by atoms with E-state index >= 15 is 0 Å². The van der Waals surface area contributed by atoms with E-state index in [2.05, 4.69) is 12.2 Å². The Bertz CT molecular complexity index is 55.7. The van der Waals surface area contributed by atoms with Crippen molar-refractivity contribution in [1.29, 1.82) is 0 Å². The van der Waals surface area contributed by atoms with E-state index in [1.165, 1.54) is 6.92 Å². The summed E-state index contributed by atoms with van der Waals surface area (Å²) in [5.74, 6) is -0.0231. The summed E-state index contributed by atoms with van der Waals surface area (Å²) in [5, 5.41) is 2.46. The summed E-state index contributed by atoms with van der Waals surface area (Å²) in [6.07, 6.45) is 0. The summed E-state index contributed by atoms with van der Waals surface area (Å²) in [7, 11) is 0. The Morgan fingerprint density at radius 3 is 2.29 bits per heavy atom. The smallest absolute Gasteiger partial charge is 0.214 e. The topological polar surface area (TPSA) is 29.1 Å². The zero-order chi connectivity index (χ0) is 4.99. The van der Waals surface area contributed by atoms with Gasteiger partial charge in [-0.05, 0) is 0 Å². The Balaban J connectivity index is 0. The van der Waals surface area contributed by atoms with E-state index < -0.39 is 0 Å². The van der Waals surface area contributed by atoms with Crippen LogP contribution in [-0.4, -0.2) is 12.5 Å². The molecule has 1 radical (unpaired) electrons. The first-order valence-electron chi connectivity index (χ1n) is 1.81. The molecule has 0 heterocycles. The van der Waals surface area contributed by atoms with Gasteiger partial charge in [-0.25, -0.2) is 0 Å². The summed E-state index contributed by atoms with van der Waals surface area (Å²) in [4.78, 5) is 9.89. The predicted molar refractivity (Wildman–Crippen MR) is 24.0 cm³/mol. The van der Waals surface area contributed by atoms with Crippen molar-refractivity contribution in [2.45, 2.75) is 6.92 Å². The molecular weight excluding hydrogens is 167 g/mol. The number of amides is 1. The van der Waals surface area contributed by atoms with Crippen LogP contribution in [-0.2, 0) is 37.5 Å². The van der Waals surface area contributed by atoms with Gasteiger partial charge in [0, 0.05) is 39.6 Å². The SMILES string of the molecule is [CH2-]CNC(C)=O.[Y]. The van der Waals surface area contributed by atoms with Crippen molar-refractivity contribution in [3.63, 3.8) is 0 Å². The Morgan fingerprint density at radius 2 is 2.29 bits per heavy atom. The fraction of sp³-hybridized carbons (Fsp3) is 0.500. The van der Waals surface area contributed by atoms with Crippen LogP contribution in [0.5, 0.6) is 0 Å². The minimum Gasteiger partial charge on any atom is -0.386 e. The van der Waals surface area contributed by atoms with Crippen LogP contribution in [0.4, 0.5) is 0 Å². The van der Waals surface area contributed by atoms with Crippen molar-refractivity contribution in [3.8, 4) is 0 Å². The number of hydrogen-bond acceptors (Lipinski definition) is 1. The second-order valence-corrected chi connectivity index (χ2v) is 0.983. The summed E-state index contributed by atoms with van der Waals surface area (Å²) in [5.41, 5.74) is 0. The van der Waals surface area contributed by atoms with Gasteiger partial charge < -0.3 is 12.2 Å². The van der Waals surface area contributed by atoms with Crippen molar-refractivity contribution >= 4 is 5.91 Å². The monoisotopic (exact) mass is 175 g/mol. The maximum Gasteiger partial charge on any atom is 0.214 e. The second-order valence-electron chi connectivity index (χ2n) is 0.983. The molecule has 0 saturated heterocycles. The molecule has 0 aliphatic carbocycles. The van der Waals surface area contributed by atoms with Gasteiger partial charge in [0.15, 0.2) is 0 Å². The van der Waals surface area contributed by atoms with Crippen molar-refractivity contribution in [2.24, 2.45) is 0 Å². The van der Waals surface area contributed by atoms with E-state index in [-0.39, 0.29) is 38.6 Å². The number of hydrogen-bond donors (Lipinski definition) is 1. The number of rotatable bonds is 1. The first-order chi connectivity index (χ1) is 2.77. The van der Waals surface area contributed by atoms with Crippen LogP contribution in [0.1, 0.15) is 6.92 Å². The van der Waals surface area contributed by atoms with Gasteiger partial charge in [-0.3, -0.25) is 4.79 Å². The maximum atomic E-state index is 9.89. The van der Waals surface area contributed by atoms with E-state index in [0.717, 1.165) is 0 Å². The van der Waals surface area contributed by atoms with Crippen molar-refractivity contribution in [1.82, 2.24) is 5.32 Å². The molecule has 39 valence electrons. The molecule has 1 N–H and O–H groups in total. The second kappa shape index (κ2) is 6.57. The quantitative estimate of drug-likeness (QED) is 0.556. The fourth-order valence-electron chi connectivity index (χ4n) is 0.176. The largest absolute Gasteiger partial charge is 0.386 e. The van der Waals surface area contributed by atoms with Crippen LogP contribution in [0.25, 0.3) is 0 Å². The molecule has 0 saturated carbocycles. The molecule has 0 fully saturated rings. The normalized spacial score (nSPS) is 6.57. The van der Waals surface area contributed by atoms with Crippen LogP contribution < -0.4 is 5.32 Å². The average Bonchev–Trinajstić information content (AvgIpc) is 1.35. The molecule has 0 aliphatic heterocycles. The van der Waals surface area contributed by atoms with Crippen molar-refractivity contribution < 1.29 is 37.5 Å². The number of carbonyl (C=O) groups excluding carboxylic acids is 1. The molecule has 1 amide bonds. The van der Waals surface area contributed by atoms with Crippen molar-refractivity contribution in [2.75, 3.05) is 6.54 Å².